The van der Waals surface area contributed by atoms with E-state index in [1.54, 1.807) is 0 Å². The molecule has 0 aliphatic carbocycles. The molecule has 0 heterocycles. The first-order valence-corrected chi connectivity index (χ1v) is 12.0. The van der Waals surface area contributed by atoms with E-state index in [2.05, 4.69) is 55.8 Å². The molecular formula is C27H45. The van der Waals surface area contributed by atoms with Gasteiger partial charge in [-0.2, -0.15) is 0 Å². The van der Waals surface area contributed by atoms with Crippen molar-refractivity contribution in [2.24, 2.45) is 0 Å². The van der Waals surface area contributed by atoms with E-state index in [0.717, 1.165) is 6.42 Å². The van der Waals surface area contributed by atoms with Crippen molar-refractivity contribution in [2.75, 3.05) is 0 Å². The van der Waals surface area contributed by atoms with E-state index in [-0.39, 0.29) is 0 Å². The summed E-state index contributed by atoms with van der Waals surface area (Å²) in [5, 5.41) is 0. The van der Waals surface area contributed by atoms with Crippen molar-refractivity contribution in [2.45, 2.75) is 116 Å². The molecule has 0 spiro atoms. The van der Waals surface area contributed by atoms with Gasteiger partial charge in [0.15, 0.2) is 0 Å². The number of benzene rings is 1. The number of unbranched alkanes of at least 4 members (excludes halogenated alkanes) is 17. The Balaban J connectivity index is 1.71. The Kier molecular flexibility index (Phi) is 17.5. The fourth-order valence-corrected chi connectivity index (χ4v) is 3.64. The minimum atomic E-state index is 1.10. The van der Waals surface area contributed by atoms with Crippen molar-refractivity contribution in [3.05, 3.63) is 48.4 Å². The van der Waals surface area contributed by atoms with Gasteiger partial charge in [-0.1, -0.05) is 146 Å². The van der Waals surface area contributed by atoms with Gasteiger partial charge >= 0.3 is 0 Å². The summed E-state index contributed by atoms with van der Waals surface area (Å²) in [5.74, 6) is 0. The second kappa shape index (κ2) is 19.7. The zero-order valence-electron chi connectivity index (χ0n) is 18.1. The molecule has 0 aliphatic rings. The van der Waals surface area contributed by atoms with Crippen molar-refractivity contribution >= 4 is 6.08 Å². The average molecular weight is 370 g/mol. The molecule has 0 unspecified atom stereocenters. The van der Waals surface area contributed by atoms with Crippen LogP contribution >= 0.6 is 0 Å². The van der Waals surface area contributed by atoms with Crippen LogP contribution in [0.5, 0.6) is 0 Å². The number of hydrogen-bond acceptors (Lipinski definition) is 0. The van der Waals surface area contributed by atoms with E-state index in [1.165, 1.54) is 108 Å². The van der Waals surface area contributed by atoms with Crippen LogP contribution in [0.3, 0.4) is 0 Å². The van der Waals surface area contributed by atoms with Gasteiger partial charge < -0.3 is 0 Å². The number of hydrogen-bond donors (Lipinski definition) is 0. The second-order valence-corrected chi connectivity index (χ2v) is 8.08. The van der Waals surface area contributed by atoms with E-state index in [9.17, 15) is 0 Å². The predicted molar refractivity (Wildman–Crippen MR) is 124 cm³/mol. The topological polar surface area (TPSA) is 0 Å². The molecule has 1 rings (SSSR count). The molecule has 0 nitrogen and oxygen atoms in total. The van der Waals surface area contributed by atoms with Crippen molar-refractivity contribution in [3.8, 4) is 0 Å². The van der Waals surface area contributed by atoms with Gasteiger partial charge in [0.05, 0.1) is 0 Å². The third kappa shape index (κ3) is 16.8. The summed E-state index contributed by atoms with van der Waals surface area (Å²) >= 11 is 0. The molecule has 0 aliphatic heterocycles. The van der Waals surface area contributed by atoms with Crippen LogP contribution in [0.15, 0.2) is 36.4 Å². The average Bonchev–Trinajstić information content (AvgIpc) is 2.70. The normalized spacial score (nSPS) is 11.4. The Labute approximate surface area is 170 Å². The van der Waals surface area contributed by atoms with Crippen LogP contribution in [0.1, 0.15) is 122 Å². The Bertz CT molecular complexity index is 417. The monoisotopic (exact) mass is 369 g/mol. The maximum absolute atomic E-state index is 2.43. The first-order chi connectivity index (χ1) is 13.4. The Morgan fingerprint density at radius 1 is 0.593 bits per heavy atom. The lowest BCUT2D eigenvalue weighted by molar-refractivity contribution is 0.532. The first-order valence-electron chi connectivity index (χ1n) is 12.0. The zero-order valence-corrected chi connectivity index (χ0v) is 18.1. The van der Waals surface area contributed by atoms with Gasteiger partial charge in [-0.15, -0.1) is 0 Å². The smallest absolute Gasteiger partial charge is 0.0260 e. The van der Waals surface area contributed by atoms with Crippen LogP contribution in [0.25, 0.3) is 6.08 Å². The molecule has 153 valence electrons. The summed E-state index contributed by atoms with van der Waals surface area (Å²) in [6.45, 7) is 2.30. The fraction of sp³-hybridized carbons (Fsp3) is 0.667. The molecule has 0 N–H and O–H groups in total. The molecule has 1 radical (unpaired) electrons. The summed E-state index contributed by atoms with van der Waals surface area (Å²) in [5.41, 5.74) is 1.30. The van der Waals surface area contributed by atoms with Gasteiger partial charge in [0.25, 0.3) is 0 Å². The highest BCUT2D eigenvalue weighted by atomic mass is 14.0. The Hall–Kier alpha value is -1.04. The molecule has 0 atom stereocenters. The molecule has 0 amide bonds. The summed E-state index contributed by atoms with van der Waals surface area (Å²) < 4.78 is 0. The quantitative estimate of drug-likeness (QED) is 0.213. The molecule has 0 saturated carbocycles. The summed E-state index contributed by atoms with van der Waals surface area (Å²) in [6, 6.07) is 10.6. The number of rotatable bonds is 19. The van der Waals surface area contributed by atoms with Crippen LogP contribution in [-0.4, -0.2) is 0 Å². The fourth-order valence-electron chi connectivity index (χ4n) is 3.64. The largest absolute Gasteiger partial charge is 0.0837 e. The Morgan fingerprint density at radius 2 is 1.07 bits per heavy atom. The van der Waals surface area contributed by atoms with Gasteiger partial charge in [-0.25, -0.2) is 0 Å². The Morgan fingerprint density at radius 3 is 1.59 bits per heavy atom. The van der Waals surface area contributed by atoms with Gasteiger partial charge in [0.1, 0.15) is 0 Å². The molecule has 1 aromatic carbocycles. The van der Waals surface area contributed by atoms with Crippen LogP contribution in [-0.2, 0) is 0 Å². The molecule has 27 heavy (non-hydrogen) atoms. The van der Waals surface area contributed by atoms with E-state index < -0.39 is 0 Å². The molecule has 0 heteroatoms. The summed E-state index contributed by atoms with van der Waals surface area (Å²) in [7, 11) is 0. The van der Waals surface area contributed by atoms with Crippen molar-refractivity contribution < 1.29 is 0 Å². The van der Waals surface area contributed by atoms with Gasteiger partial charge in [-0.05, 0) is 24.8 Å². The minimum absolute atomic E-state index is 1.10. The van der Waals surface area contributed by atoms with Crippen LogP contribution < -0.4 is 0 Å². The second-order valence-electron chi connectivity index (χ2n) is 8.08. The third-order valence-electron chi connectivity index (χ3n) is 5.42. The zero-order chi connectivity index (χ0) is 19.3. The first kappa shape index (κ1) is 24.0. The highest BCUT2D eigenvalue weighted by molar-refractivity contribution is 5.48. The van der Waals surface area contributed by atoms with E-state index in [0.29, 0.717) is 0 Å². The summed E-state index contributed by atoms with van der Waals surface area (Å²) in [6.07, 6.45) is 31.0. The van der Waals surface area contributed by atoms with E-state index in [1.807, 2.05) is 0 Å². The van der Waals surface area contributed by atoms with Gasteiger partial charge in [-0.3, -0.25) is 0 Å². The predicted octanol–water partition coefficient (Wildman–Crippen LogP) is 9.56. The minimum Gasteiger partial charge on any atom is -0.0837 e. The van der Waals surface area contributed by atoms with E-state index >= 15 is 0 Å². The molecule has 0 fully saturated rings. The SMILES string of the molecule is CCCCCCCCCCCCCCCCC[CH]C/C=C/c1ccccc1. The van der Waals surface area contributed by atoms with Crippen LogP contribution in [0.4, 0.5) is 0 Å². The standard InChI is InChI=1S/C27H45/c1-2-3-4-5-6-7-8-9-10-11-12-13-14-15-16-17-18-19-21-24-27-25-22-20-23-26-27/h18,20-26H,2-17,19H2,1H3/b24-21+. The van der Waals surface area contributed by atoms with Crippen molar-refractivity contribution in [1.82, 2.24) is 0 Å². The maximum Gasteiger partial charge on any atom is -0.0260 e. The lowest BCUT2D eigenvalue weighted by Gasteiger charge is -2.03. The van der Waals surface area contributed by atoms with Crippen molar-refractivity contribution in [3.63, 3.8) is 0 Å². The lowest BCUT2D eigenvalue weighted by atomic mass is 10.0. The highest BCUT2D eigenvalue weighted by Gasteiger charge is 1.94. The van der Waals surface area contributed by atoms with E-state index in [4.69, 9.17) is 0 Å². The maximum atomic E-state index is 2.43. The third-order valence-corrected chi connectivity index (χ3v) is 5.42. The van der Waals surface area contributed by atoms with Crippen LogP contribution in [0, 0.1) is 6.42 Å². The van der Waals surface area contributed by atoms with Gasteiger partial charge in [0.2, 0.25) is 0 Å². The van der Waals surface area contributed by atoms with Crippen LogP contribution in [0.2, 0.25) is 0 Å². The lowest BCUT2D eigenvalue weighted by Crippen LogP contribution is -1.84. The molecule has 1 aromatic rings. The molecule has 0 aromatic heterocycles. The van der Waals surface area contributed by atoms with Gasteiger partial charge in [0, 0.05) is 0 Å². The van der Waals surface area contributed by atoms with Crippen molar-refractivity contribution in [1.29, 1.82) is 0 Å². The highest BCUT2D eigenvalue weighted by Crippen LogP contribution is 2.14. The summed E-state index contributed by atoms with van der Waals surface area (Å²) in [4.78, 5) is 0. The molecular weight excluding hydrogens is 324 g/mol. The molecule has 0 bridgehead atoms. The number of allylic oxidation sites excluding steroid dienone is 1. The molecule has 0 saturated heterocycles.